The van der Waals surface area contributed by atoms with Crippen molar-refractivity contribution in [3.05, 3.63) is 48.7 Å². The second kappa shape index (κ2) is 9.22. The van der Waals surface area contributed by atoms with E-state index in [0.717, 1.165) is 48.1 Å². The summed E-state index contributed by atoms with van der Waals surface area (Å²) in [5, 5.41) is 22.0. The maximum absolute atomic E-state index is 11.8. The normalized spacial score (nSPS) is 15.8. The maximum Gasteiger partial charge on any atom is 0.252 e. The third-order valence-corrected chi connectivity index (χ3v) is 6.90. The Labute approximate surface area is 211 Å². The first-order chi connectivity index (χ1) is 18.0. The number of aromatic nitrogens is 7. The smallest absolute Gasteiger partial charge is 0.252 e. The molecule has 6 N–H and O–H groups in total. The summed E-state index contributed by atoms with van der Waals surface area (Å²) in [6.07, 6.45) is 9.43. The first-order valence-corrected chi connectivity index (χ1v) is 12.0. The molecule has 1 aliphatic heterocycles. The number of nitrogens with two attached hydrogens (primary N) is 1. The summed E-state index contributed by atoms with van der Waals surface area (Å²) in [7, 11) is 2.10. The van der Waals surface area contributed by atoms with Crippen molar-refractivity contribution in [3.8, 4) is 22.6 Å². The second-order valence-corrected chi connectivity index (χ2v) is 9.42. The van der Waals surface area contributed by atoms with Gasteiger partial charge in [-0.3, -0.25) is 19.9 Å². The number of nitrogens with zero attached hydrogens (tertiary/aromatic N) is 6. The zero-order valence-electron chi connectivity index (χ0n) is 20.1. The zero-order valence-corrected chi connectivity index (χ0v) is 20.1. The summed E-state index contributed by atoms with van der Waals surface area (Å²) in [6.45, 7) is 1.96. The zero-order chi connectivity index (χ0) is 25.5. The van der Waals surface area contributed by atoms with Gasteiger partial charge in [0.25, 0.3) is 5.91 Å². The van der Waals surface area contributed by atoms with Gasteiger partial charge in [0.15, 0.2) is 11.5 Å². The third kappa shape index (κ3) is 4.36. The molecular formula is C25H26N10O2. The third-order valence-electron chi connectivity index (χ3n) is 6.90. The van der Waals surface area contributed by atoms with Gasteiger partial charge in [-0.05, 0) is 45.1 Å². The molecule has 12 nitrogen and oxygen atoms in total. The number of hydrogen-bond acceptors (Lipinski definition) is 9. The molecule has 0 aliphatic carbocycles. The Hall–Kier alpha value is -4.42. The minimum atomic E-state index is -0.639. The Kier molecular flexibility index (Phi) is 5.74. The van der Waals surface area contributed by atoms with Crippen LogP contribution in [0.4, 0.5) is 5.69 Å². The van der Waals surface area contributed by atoms with Gasteiger partial charge >= 0.3 is 0 Å². The van der Waals surface area contributed by atoms with Gasteiger partial charge in [0, 0.05) is 35.6 Å². The molecule has 188 valence electrons. The molecule has 1 aliphatic rings. The molecule has 1 atom stereocenters. The number of fused-ring (bicyclic) bond motifs is 2. The van der Waals surface area contributed by atoms with Crippen LogP contribution >= 0.6 is 0 Å². The predicted octanol–water partition coefficient (Wildman–Crippen LogP) is 2.13. The van der Waals surface area contributed by atoms with Gasteiger partial charge in [0.2, 0.25) is 0 Å². The van der Waals surface area contributed by atoms with E-state index in [9.17, 15) is 9.90 Å². The van der Waals surface area contributed by atoms with Crippen LogP contribution in [-0.4, -0.2) is 77.4 Å². The molecule has 1 amide bonds. The molecule has 37 heavy (non-hydrogen) atoms. The number of aliphatic hydroxyl groups excluding tert-OH is 1. The first kappa shape index (κ1) is 23.0. The highest BCUT2D eigenvalue weighted by molar-refractivity contribution is 6.04. The van der Waals surface area contributed by atoms with Crippen molar-refractivity contribution in [2.24, 2.45) is 11.7 Å². The number of carbonyl (C=O) groups excluding carboxylic acids is 1. The van der Waals surface area contributed by atoms with E-state index in [1.807, 2.05) is 12.1 Å². The first-order valence-electron chi connectivity index (χ1n) is 12.0. The summed E-state index contributed by atoms with van der Waals surface area (Å²) in [4.78, 5) is 34.8. The molecule has 1 saturated heterocycles. The number of anilines is 1. The highest BCUT2D eigenvalue weighted by atomic mass is 16.3. The number of aliphatic hydroxyl groups is 1. The fraction of sp³-hybridized carbons (Fsp3) is 0.280. The highest BCUT2D eigenvalue weighted by Crippen LogP contribution is 2.30. The molecule has 0 radical (unpaired) electrons. The van der Waals surface area contributed by atoms with Crippen LogP contribution in [0.1, 0.15) is 23.2 Å². The average Bonchev–Trinajstić information content (AvgIpc) is 3.52. The van der Waals surface area contributed by atoms with Gasteiger partial charge in [-0.15, -0.1) is 0 Å². The van der Waals surface area contributed by atoms with Crippen LogP contribution in [0.25, 0.3) is 44.7 Å². The lowest BCUT2D eigenvalue weighted by atomic mass is 9.95. The molecule has 6 heterocycles. The number of nitrogens with one attached hydrogen (secondary N) is 3. The van der Waals surface area contributed by atoms with E-state index in [1.165, 1.54) is 6.20 Å². The highest BCUT2D eigenvalue weighted by Gasteiger charge is 2.24. The summed E-state index contributed by atoms with van der Waals surface area (Å²) in [5.41, 5.74) is 10.3. The number of carbonyl (C=O) groups is 1. The quantitative estimate of drug-likeness (QED) is 0.220. The number of H-pyrrole nitrogens is 2. The van der Waals surface area contributed by atoms with Crippen LogP contribution in [-0.2, 0) is 0 Å². The fourth-order valence-corrected chi connectivity index (χ4v) is 4.78. The lowest BCUT2D eigenvalue weighted by Crippen LogP contribution is -2.38. The maximum atomic E-state index is 11.8. The molecule has 5 aromatic rings. The van der Waals surface area contributed by atoms with E-state index in [-0.39, 0.29) is 11.5 Å². The Bertz CT molecular complexity index is 1600. The number of primary amides is 1. The van der Waals surface area contributed by atoms with E-state index in [4.69, 9.17) is 5.73 Å². The number of amides is 1. The Morgan fingerprint density at radius 3 is 2.73 bits per heavy atom. The molecule has 0 aromatic carbocycles. The Morgan fingerprint density at radius 2 is 1.92 bits per heavy atom. The van der Waals surface area contributed by atoms with Crippen LogP contribution in [0.15, 0.2) is 43.1 Å². The molecule has 1 fully saturated rings. The van der Waals surface area contributed by atoms with E-state index in [2.05, 4.69) is 52.4 Å². The molecule has 0 bridgehead atoms. The summed E-state index contributed by atoms with van der Waals surface area (Å²) in [6, 6.07) is 3.90. The lowest BCUT2D eigenvalue weighted by molar-refractivity contribution is 0.0860. The van der Waals surface area contributed by atoms with Crippen LogP contribution in [0, 0.1) is 5.92 Å². The topological polar surface area (TPSA) is 175 Å². The number of imidazole rings is 1. The summed E-state index contributed by atoms with van der Waals surface area (Å²) in [5.74, 6) is 0.0554. The van der Waals surface area contributed by atoms with Crippen molar-refractivity contribution in [3.63, 3.8) is 0 Å². The van der Waals surface area contributed by atoms with Crippen LogP contribution in [0.5, 0.6) is 0 Å². The number of pyridine rings is 3. The number of rotatable bonds is 6. The van der Waals surface area contributed by atoms with E-state index >= 15 is 0 Å². The van der Waals surface area contributed by atoms with Crippen molar-refractivity contribution in [2.75, 3.05) is 25.5 Å². The lowest BCUT2D eigenvalue weighted by Gasteiger charge is -2.32. The minimum Gasteiger partial charge on any atom is -0.374 e. The fourth-order valence-electron chi connectivity index (χ4n) is 4.78. The molecule has 0 saturated carbocycles. The predicted molar refractivity (Wildman–Crippen MR) is 138 cm³/mol. The number of hydrogen-bond donors (Lipinski definition) is 5. The average molecular weight is 499 g/mol. The Morgan fingerprint density at radius 1 is 1.14 bits per heavy atom. The van der Waals surface area contributed by atoms with E-state index in [1.54, 1.807) is 24.8 Å². The largest absolute Gasteiger partial charge is 0.374 e. The van der Waals surface area contributed by atoms with Crippen LogP contribution in [0.3, 0.4) is 0 Å². The van der Waals surface area contributed by atoms with Gasteiger partial charge < -0.3 is 26.0 Å². The standard InChI is InChI=1S/C25H26N10O2/c1-35-4-2-13(3-5-35)25(37)30-16-6-14(8-27-10-16)15-7-17-21(33-34-23(17)29-9-15)24-31-19-12-28-11-18(22(26)36)20(19)32-24/h6-13,25,30,37H,2-5H2,1H3,(H2,26,36)(H,31,32)(H,29,33,34). The van der Waals surface area contributed by atoms with E-state index in [0.29, 0.717) is 28.2 Å². The van der Waals surface area contributed by atoms with Crippen LogP contribution < -0.4 is 11.1 Å². The molecule has 12 heteroatoms. The minimum absolute atomic E-state index is 0.195. The summed E-state index contributed by atoms with van der Waals surface area (Å²) < 4.78 is 0. The van der Waals surface area contributed by atoms with Gasteiger partial charge in [-0.2, -0.15) is 5.10 Å². The van der Waals surface area contributed by atoms with Crippen molar-refractivity contribution in [1.82, 2.24) is 40.0 Å². The number of likely N-dealkylation sites (tertiary alicyclic amines) is 1. The van der Waals surface area contributed by atoms with Gasteiger partial charge in [-0.25, -0.2) is 9.97 Å². The van der Waals surface area contributed by atoms with Crippen molar-refractivity contribution < 1.29 is 9.90 Å². The number of piperidine rings is 1. The summed E-state index contributed by atoms with van der Waals surface area (Å²) >= 11 is 0. The van der Waals surface area contributed by atoms with Crippen molar-refractivity contribution in [1.29, 1.82) is 0 Å². The molecule has 1 unspecified atom stereocenters. The molecule has 5 aromatic heterocycles. The van der Waals surface area contributed by atoms with Gasteiger partial charge in [-0.1, -0.05) is 0 Å². The molecule has 0 spiro atoms. The van der Waals surface area contributed by atoms with E-state index < -0.39 is 12.1 Å². The monoisotopic (exact) mass is 498 g/mol. The van der Waals surface area contributed by atoms with Gasteiger partial charge in [0.1, 0.15) is 17.4 Å². The van der Waals surface area contributed by atoms with Crippen molar-refractivity contribution >= 4 is 33.7 Å². The molecule has 6 rings (SSSR count). The van der Waals surface area contributed by atoms with Crippen molar-refractivity contribution in [2.45, 2.75) is 19.1 Å². The van der Waals surface area contributed by atoms with Crippen LogP contribution in [0.2, 0.25) is 0 Å². The van der Waals surface area contributed by atoms with Gasteiger partial charge in [0.05, 0.1) is 34.5 Å². The Balaban J connectivity index is 1.31. The SMILES string of the molecule is CN1CCC(C(O)Nc2cncc(-c3cnc4[nH]nc(-c5nc6c(C(N)=O)cncc6[nH]5)c4c3)c2)CC1. The number of aromatic amines is 2. The molecular weight excluding hydrogens is 472 g/mol. The second-order valence-electron chi connectivity index (χ2n) is 9.42.